The van der Waals surface area contributed by atoms with E-state index in [9.17, 15) is 5.11 Å². The minimum atomic E-state index is -0.554. The van der Waals surface area contributed by atoms with E-state index in [4.69, 9.17) is 26.3 Å². The molecular weight excluding hydrogens is 452 g/mol. The van der Waals surface area contributed by atoms with Crippen LogP contribution in [0.4, 0.5) is 17.5 Å². The first kappa shape index (κ1) is 22.2. The van der Waals surface area contributed by atoms with Gasteiger partial charge < -0.3 is 24.6 Å². The average Bonchev–Trinajstić information content (AvgIpc) is 3.41. The van der Waals surface area contributed by atoms with Gasteiger partial charge in [-0.15, -0.1) is 0 Å². The Morgan fingerprint density at radius 3 is 2.62 bits per heavy atom. The van der Waals surface area contributed by atoms with Gasteiger partial charge in [-0.1, -0.05) is 41.9 Å². The van der Waals surface area contributed by atoms with E-state index in [-0.39, 0.29) is 5.92 Å². The van der Waals surface area contributed by atoms with Gasteiger partial charge in [0.15, 0.2) is 0 Å². The van der Waals surface area contributed by atoms with Gasteiger partial charge in [0.1, 0.15) is 23.0 Å². The van der Waals surface area contributed by atoms with Crippen molar-refractivity contribution in [3.63, 3.8) is 0 Å². The maximum Gasteiger partial charge on any atom is 0.229 e. The number of aliphatic hydroxyl groups is 1. The number of anilines is 3. The molecule has 4 aromatic rings. The molecule has 9 heteroatoms. The van der Waals surface area contributed by atoms with Crippen molar-refractivity contribution >= 4 is 29.1 Å². The van der Waals surface area contributed by atoms with E-state index >= 15 is 0 Å². The van der Waals surface area contributed by atoms with Gasteiger partial charge in [-0.3, -0.25) is 0 Å². The molecule has 0 bridgehead atoms. The second kappa shape index (κ2) is 8.96. The van der Waals surface area contributed by atoms with Gasteiger partial charge in [-0.25, -0.2) is 9.97 Å². The number of hydrogen-bond donors (Lipinski definition) is 2. The van der Waals surface area contributed by atoms with Crippen molar-refractivity contribution in [3.8, 4) is 11.4 Å². The summed E-state index contributed by atoms with van der Waals surface area (Å²) in [5.74, 6) is 1.69. The highest BCUT2D eigenvalue weighted by atomic mass is 35.5. The van der Waals surface area contributed by atoms with E-state index in [2.05, 4.69) is 10.3 Å². The number of nitrogens with zero attached hydrogens (tertiary/aromatic N) is 5. The quantitative estimate of drug-likeness (QED) is 0.431. The lowest BCUT2D eigenvalue weighted by atomic mass is 9.95. The summed E-state index contributed by atoms with van der Waals surface area (Å²) in [5.41, 5.74) is 4.43. The molecule has 8 nitrogen and oxygen atoms in total. The number of aromatic nitrogens is 4. The number of hydrogen-bond acceptors (Lipinski definition) is 7. The molecule has 34 heavy (non-hydrogen) atoms. The molecule has 2 N–H and O–H groups in total. The lowest BCUT2D eigenvalue weighted by Crippen LogP contribution is -2.16. The zero-order chi connectivity index (χ0) is 23.8. The molecule has 0 saturated heterocycles. The normalized spacial score (nSPS) is 16.9. The Morgan fingerprint density at radius 1 is 1.15 bits per heavy atom. The second-order valence-corrected chi connectivity index (χ2v) is 8.79. The summed E-state index contributed by atoms with van der Waals surface area (Å²) in [6.45, 7) is 0. The summed E-state index contributed by atoms with van der Waals surface area (Å²) in [4.78, 5) is 15.6. The Morgan fingerprint density at radius 2 is 1.94 bits per heavy atom. The Labute approximate surface area is 202 Å². The molecule has 0 fully saturated rings. The van der Waals surface area contributed by atoms with E-state index in [0.29, 0.717) is 23.3 Å². The summed E-state index contributed by atoms with van der Waals surface area (Å²) < 4.78 is 7.40. The summed E-state index contributed by atoms with van der Waals surface area (Å²) in [6.07, 6.45) is 3.31. The van der Waals surface area contributed by atoms with E-state index in [1.165, 1.54) is 0 Å². The average molecular weight is 477 g/mol. The molecule has 0 amide bonds. The molecule has 0 unspecified atom stereocenters. The number of nitrogens with one attached hydrogen (secondary N) is 1. The van der Waals surface area contributed by atoms with Gasteiger partial charge in [0.05, 0.1) is 30.5 Å². The number of aliphatic hydroxyl groups excluding tert-OH is 1. The fraction of sp³-hybridized carbons (Fsp3) is 0.240. The third kappa shape index (κ3) is 4.06. The fourth-order valence-corrected chi connectivity index (χ4v) is 4.59. The van der Waals surface area contributed by atoms with Crippen LogP contribution in [0.25, 0.3) is 5.69 Å². The largest absolute Gasteiger partial charge is 0.494 e. The number of methoxy groups -OCH3 is 1. The van der Waals surface area contributed by atoms with Gasteiger partial charge in [0.25, 0.3) is 0 Å². The lowest BCUT2D eigenvalue weighted by molar-refractivity contribution is 0.169. The first-order valence-corrected chi connectivity index (χ1v) is 11.3. The topological polar surface area (TPSA) is 88.3 Å². The van der Waals surface area contributed by atoms with Gasteiger partial charge in [0, 0.05) is 44.0 Å². The molecule has 0 saturated carbocycles. The van der Waals surface area contributed by atoms with Crippen molar-refractivity contribution in [3.05, 3.63) is 83.0 Å². The zero-order valence-corrected chi connectivity index (χ0v) is 19.9. The van der Waals surface area contributed by atoms with Crippen LogP contribution in [0.3, 0.4) is 0 Å². The number of rotatable bonds is 6. The third-order valence-electron chi connectivity index (χ3n) is 5.96. The minimum Gasteiger partial charge on any atom is -0.494 e. The Bertz CT molecular complexity index is 1320. The van der Waals surface area contributed by atoms with Crippen molar-refractivity contribution in [2.45, 2.75) is 18.4 Å². The Balaban J connectivity index is 1.53. The van der Waals surface area contributed by atoms with E-state index in [0.717, 1.165) is 34.0 Å². The van der Waals surface area contributed by atoms with E-state index < -0.39 is 6.10 Å². The number of benzene rings is 2. The summed E-state index contributed by atoms with van der Waals surface area (Å²) in [5, 5.41) is 14.6. The molecule has 2 heterocycles. The van der Waals surface area contributed by atoms with Crippen LogP contribution in [-0.4, -0.2) is 51.9 Å². The molecule has 5 rings (SSSR count). The van der Waals surface area contributed by atoms with E-state index in [1.807, 2.05) is 67.5 Å². The van der Waals surface area contributed by atoms with Gasteiger partial charge in [-0.2, -0.15) is 4.98 Å². The van der Waals surface area contributed by atoms with Crippen LogP contribution in [0.1, 0.15) is 22.7 Å². The molecule has 1 aliphatic carbocycles. The van der Waals surface area contributed by atoms with Crippen LogP contribution in [-0.2, 0) is 6.42 Å². The predicted octanol–water partition coefficient (Wildman–Crippen LogP) is 4.18. The Kier molecular flexibility index (Phi) is 5.85. The minimum absolute atomic E-state index is 0.207. The molecule has 174 valence electrons. The molecule has 2 aromatic heterocycles. The first-order chi connectivity index (χ1) is 16.4. The lowest BCUT2D eigenvalue weighted by Gasteiger charge is -2.19. The second-order valence-electron chi connectivity index (χ2n) is 8.40. The summed E-state index contributed by atoms with van der Waals surface area (Å²) in [6, 6.07) is 15.7. The molecule has 1 aliphatic rings. The monoisotopic (exact) mass is 476 g/mol. The van der Waals surface area contributed by atoms with Crippen molar-refractivity contribution < 1.29 is 9.84 Å². The summed E-state index contributed by atoms with van der Waals surface area (Å²) >= 11 is 5.97. The fourth-order valence-electron chi connectivity index (χ4n) is 4.45. The van der Waals surface area contributed by atoms with Crippen LogP contribution in [0.15, 0.2) is 61.1 Å². The molecule has 2 aromatic carbocycles. The highest BCUT2D eigenvalue weighted by molar-refractivity contribution is 6.29. The SMILES string of the molecule is COc1cc(Nc2nc3c(c(N(C)C)n2)C[C@H](O)[C@H]3c2ccccc2)ccc1-n1cnc(Cl)c1. The number of fused-ring (bicyclic) bond motifs is 1. The summed E-state index contributed by atoms with van der Waals surface area (Å²) in [7, 11) is 5.51. The Hall–Kier alpha value is -3.62. The highest BCUT2D eigenvalue weighted by Gasteiger charge is 2.37. The molecule has 0 spiro atoms. The smallest absolute Gasteiger partial charge is 0.229 e. The van der Waals surface area contributed by atoms with Crippen LogP contribution in [0.2, 0.25) is 5.15 Å². The van der Waals surface area contributed by atoms with Crippen molar-refractivity contribution in [1.82, 2.24) is 19.5 Å². The maximum atomic E-state index is 10.9. The third-order valence-corrected chi connectivity index (χ3v) is 6.15. The van der Waals surface area contributed by atoms with Crippen molar-refractivity contribution in [2.24, 2.45) is 0 Å². The van der Waals surface area contributed by atoms with Gasteiger partial charge >= 0.3 is 0 Å². The van der Waals surface area contributed by atoms with Crippen molar-refractivity contribution in [2.75, 3.05) is 31.4 Å². The molecule has 0 radical (unpaired) electrons. The highest BCUT2D eigenvalue weighted by Crippen LogP contribution is 2.41. The molecule has 0 aliphatic heterocycles. The van der Waals surface area contributed by atoms with E-state index in [1.54, 1.807) is 24.2 Å². The number of halogens is 1. The van der Waals surface area contributed by atoms with Gasteiger partial charge in [-0.05, 0) is 17.7 Å². The predicted molar refractivity (Wildman–Crippen MR) is 133 cm³/mol. The first-order valence-electron chi connectivity index (χ1n) is 10.9. The van der Waals surface area contributed by atoms with Crippen LogP contribution in [0, 0.1) is 0 Å². The van der Waals surface area contributed by atoms with Crippen LogP contribution < -0.4 is 15.0 Å². The van der Waals surface area contributed by atoms with Gasteiger partial charge in [0.2, 0.25) is 5.95 Å². The van der Waals surface area contributed by atoms with Crippen molar-refractivity contribution in [1.29, 1.82) is 0 Å². The molecule has 2 atom stereocenters. The standard InChI is InChI=1S/C25H25ClN6O2/c1-31(2)24-17-12-19(33)22(15-7-5-4-6-8-15)23(17)29-25(30-24)28-16-9-10-18(20(11-16)34-3)32-13-21(26)27-14-32/h4-11,13-14,19,22,33H,12H2,1-3H3,(H,28,29,30)/t19-,22+/m0/s1. The zero-order valence-electron chi connectivity index (χ0n) is 19.1. The molecular formula is C25H25ClN6O2. The van der Waals surface area contributed by atoms with Crippen LogP contribution in [0.5, 0.6) is 5.75 Å². The maximum absolute atomic E-state index is 10.9. The van der Waals surface area contributed by atoms with Crippen LogP contribution >= 0.6 is 11.6 Å². The number of imidazole rings is 1. The number of ether oxygens (including phenoxy) is 1.